The minimum Gasteiger partial charge on any atom is -0.493 e. The summed E-state index contributed by atoms with van der Waals surface area (Å²) in [7, 11) is 2.96. The molecular formula is C15H20O4. The molecule has 0 amide bonds. The first-order valence-corrected chi connectivity index (χ1v) is 6.13. The van der Waals surface area contributed by atoms with Gasteiger partial charge in [-0.1, -0.05) is 18.2 Å². The van der Waals surface area contributed by atoms with Gasteiger partial charge in [0.25, 0.3) is 0 Å². The fraction of sp³-hybridized carbons (Fsp3) is 0.400. The molecule has 4 heteroatoms. The van der Waals surface area contributed by atoms with E-state index in [9.17, 15) is 4.79 Å². The number of allylic oxidation sites excluding steroid dienone is 1. The Labute approximate surface area is 114 Å². The molecule has 0 aliphatic heterocycles. The highest BCUT2D eigenvalue weighted by Gasteiger charge is 2.15. The van der Waals surface area contributed by atoms with Crippen LogP contribution in [0.5, 0.6) is 11.5 Å². The molecule has 19 heavy (non-hydrogen) atoms. The van der Waals surface area contributed by atoms with Gasteiger partial charge in [0.1, 0.15) is 6.61 Å². The second-order valence-corrected chi connectivity index (χ2v) is 4.15. The van der Waals surface area contributed by atoms with Crippen LogP contribution in [0.4, 0.5) is 0 Å². The predicted molar refractivity (Wildman–Crippen MR) is 74.4 cm³/mol. The van der Waals surface area contributed by atoms with Crippen LogP contribution in [0.1, 0.15) is 19.4 Å². The summed E-state index contributed by atoms with van der Waals surface area (Å²) < 4.78 is 15.5. The van der Waals surface area contributed by atoms with Crippen molar-refractivity contribution in [3.05, 3.63) is 29.8 Å². The number of benzene rings is 1. The van der Waals surface area contributed by atoms with Gasteiger partial charge in [0.2, 0.25) is 0 Å². The van der Waals surface area contributed by atoms with Crippen LogP contribution in [0.25, 0.3) is 6.08 Å². The van der Waals surface area contributed by atoms with Crippen molar-refractivity contribution in [2.24, 2.45) is 5.92 Å². The Morgan fingerprint density at radius 2 is 2.05 bits per heavy atom. The molecule has 0 heterocycles. The second kappa shape index (κ2) is 7.46. The molecule has 0 spiro atoms. The Morgan fingerprint density at radius 3 is 2.63 bits per heavy atom. The number of esters is 1. The van der Waals surface area contributed by atoms with Gasteiger partial charge in [-0.15, -0.1) is 0 Å². The van der Waals surface area contributed by atoms with Crippen LogP contribution in [0.15, 0.2) is 24.3 Å². The van der Waals surface area contributed by atoms with E-state index < -0.39 is 0 Å². The molecule has 104 valence electrons. The fourth-order valence-corrected chi connectivity index (χ4v) is 1.58. The molecule has 0 aliphatic rings. The van der Waals surface area contributed by atoms with Crippen LogP contribution < -0.4 is 9.47 Å². The monoisotopic (exact) mass is 264 g/mol. The molecule has 0 saturated heterocycles. The largest absolute Gasteiger partial charge is 0.493 e. The molecule has 1 atom stereocenters. The number of hydrogen-bond acceptors (Lipinski definition) is 4. The van der Waals surface area contributed by atoms with Gasteiger partial charge >= 0.3 is 5.97 Å². The number of carbonyl (C=O) groups excluding carboxylic acids is 1. The van der Waals surface area contributed by atoms with E-state index >= 15 is 0 Å². The molecule has 0 bridgehead atoms. The summed E-state index contributed by atoms with van der Waals surface area (Å²) in [6, 6.07) is 5.65. The molecule has 0 aliphatic carbocycles. The highest BCUT2D eigenvalue weighted by molar-refractivity contribution is 5.72. The molecule has 0 saturated carbocycles. The highest BCUT2D eigenvalue weighted by Crippen LogP contribution is 2.29. The van der Waals surface area contributed by atoms with Gasteiger partial charge in [0.15, 0.2) is 11.5 Å². The maximum absolute atomic E-state index is 11.3. The Hall–Kier alpha value is -1.97. The molecule has 0 aromatic heterocycles. The third-order valence-corrected chi connectivity index (χ3v) is 2.64. The molecule has 0 fully saturated rings. The van der Waals surface area contributed by atoms with Gasteiger partial charge in [0, 0.05) is 0 Å². The lowest BCUT2D eigenvalue weighted by atomic mass is 10.2. The summed E-state index contributed by atoms with van der Waals surface area (Å²) in [6.07, 6.45) is 3.93. The third-order valence-electron chi connectivity index (χ3n) is 2.64. The second-order valence-electron chi connectivity index (χ2n) is 4.15. The molecule has 1 aromatic rings. The van der Waals surface area contributed by atoms with E-state index in [1.54, 1.807) is 14.0 Å². The van der Waals surface area contributed by atoms with Gasteiger partial charge < -0.3 is 14.2 Å². The first-order chi connectivity index (χ1) is 9.12. The fourth-order valence-electron chi connectivity index (χ4n) is 1.58. The number of methoxy groups -OCH3 is 2. The van der Waals surface area contributed by atoms with E-state index in [0.29, 0.717) is 11.5 Å². The van der Waals surface area contributed by atoms with Crippen molar-refractivity contribution in [1.82, 2.24) is 0 Å². The maximum Gasteiger partial charge on any atom is 0.311 e. The summed E-state index contributed by atoms with van der Waals surface area (Å²) >= 11 is 0. The molecule has 1 aromatic carbocycles. The van der Waals surface area contributed by atoms with E-state index in [2.05, 4.69) is 4.74 Å². The topological polar surface area (TPSA) is 44.8 Å². The van der Waals surface area contributed by atoms with E-state index in [1.807, 2.05) is 37.3 Å². The Bertz CT molecular complexity index is 451. The predicted octanol–water partition coefficient (Wildman–Crippen LogP) is 2.92. The highest BCUT2D eigenvalue weighted by atomic mass is 16.5. The zero-order chi connectivity index (χ0) is 14.3. The average Bonchev–Trinajstić information content (AvgIpc) is 2.44. The smallest absolute Gasteiger partial charge is 0.311 e. The number of ether oxygens (including phenoxy) is 3. The van der Waals surface area contributed by atoms with Crippen molar-refractivity contribution in [3.8, 4) is 11.5 Å². The third kappa shape index (κ3) is 4.32. The van der Waals surface area contributed by atoms with Crippen LogP contribution in [-0.4, -0.2) is 26.8 Å². The number of hydrogen-bond donors (Lipinski definition) is 0. The van der Waals surface area contributed by atoms with Crippen molar-refractivity contribution >= 4 is 12.0 Å². The average molecular weight is 264 g/mol. The van der Waals surface area contributed by atoms with Crippen molar-refractivity contribution in [2.45, 2.75) is 13.8 Å². The quantitative estimate of drug-likeness (QED) is 0.741. The van der Waals surface area contributed by atoms with Crippen LogP contribution in [0, 0.1) is 5.92 Å². The first-order valence-electron chi connectivity index (χ1n) is 6.13. The minimum atomic E-state index is -0.315. The van der Waals surface area contributed by atoms with Crippen LogP contribution >= 0.6 is 0 Å². The maximum atomic E-state index is 11.3. The van der Waals surface area contributed by atoms with Crippen molar-refractivity contribution in [3.63, 3.8) is 0 Å². The Kier molecular flexibility index (Phi) is 5.93. The van der Waals surface area contributed by atoms with Gasteiger partial charge in [-0.2, -0.15) is 0 Å². The van der Waals surface area contributed by atoms with Crippen LogP contribution in [0.2, 0.25) is 0 Å². The summed E-state index contributed by atoms with van der Waals surface area (Å²) in [4.78, 5) is 11.3. The van der Waals surface area contributed by atoms with Crippen molar-refractivity contribution in [2.75, 3.05) is 20.8 Å². The molecule has 1 unspecified atom stereocenters. The molecule has 0 N–H and O–H groups in total. The van der Waals surface area contributed by atoms with Gasteiger partial charge in [-0.25, -0.2) is 0 Å². The summed E-state index contributed by atoms with van der Waals surface area (Å²) in [5.74, 6) is 0.661. The zero-order valence-corrected chi connectivity index (χ0v) is 11.8. The number of carbonyl (C=O) groups is 1. The Morgan fingerprint density at radius 1 is 1.32 bits per heavy atom. The molecular weight excluding hydrogens is 244 g/mol. The molecule has 0 radical (unpaired) electrons. The van der Waals surface area contributed by atoms with Gasteiger partial charge in [0.05, 0.1) is 20.1 Å². The summed E-state index contributed by atoms with van der Waals surface area (Å²) in [6.45, 7) is 3.97. The van der Waals surface area contributed by atoms with Gasteiger partial charge in [-0.05, 0) is 31.5 Å². The van der Waals surface area contributed by atoms with E-state index in [0.717, 1.165) is 5.56 Å². The summed E-state index contributed by atoms with van der Waals surface area (Å²) in [5.41, 5.74) is 1.03. The number of rotatable bonds is 6. The lowest BCUT2D eigenvalue weighted by Crippen LogP contribution is -2.20. The first kappa shape index (κ1) is 15.1. The lowest BCUT2D eigenvalue weighted by Gasteiger charge is -2.14. The van der Waals surface area contributed by atoms with E-state index in [-0.39, 0.29) is 18.5 Å². The van der Waals surface area contributed by atoms with Crippen molar-refractivity contribution < 1.29 is 19.0 Å². The minimum absolute atomic E-state index is 0.256. The van der Waals surface area contributed by atoms with Gasteiger partial charge in [-0.3, -0.25) is 4.79 Å². The van der Waals surface area contributed by atoms with E-state index in [1.165, 1.54) is 7.11 Å². The summed E-state index contributed by atoms with van der Waals surface area (Å²) in [5, 5.41) is 0. The Balaban J connectivity index is 2.75. The molecule has 4 nitrogen and oxygen atoms in total. The molecule has 1 rings (SSSR count). The van der Waals surface area contributed by atoms with Crippen LogP contribution in [-0.2, 0) is 9.53 Å². The lowest BCUT2D eigenvalue weighted by molar-refractivity contribution is -0.145. The normalized spacial score (nSPS) is 12.2. The zero-order valence-electron chi connectivity index (χ0n) is 11.8. The SMILES string of the molecule is C/C=C/c1ccc(OCC(C)C(=O)OC)c(OC)c1. The van der Waals surface area contributed by atoms with E-state index in [4.69, 9.17) is 9.47 Å². The van der Waals surface area contributed by atoms with Crippen LogP contribution in [0.3, 0.4) is 0 Å². The standard InChI is InChI=1S/C15H20O4/c1-5-6-12-7-8-13(14(9-12)17-3)19-10-11(2)15(16)18-4/h5-9,11H,10H2,1-4H3/b6-5+. The van der Waals surface area contributed by atoms with Crippen molar-refractivity contribution in [1.29, 1.82) is 0 Å².